The molecule has 4 rings (SSSR count). The minimum Gasteiger partial charge on any atom is -0.495 e. The molecule has 2 aromatic carbocycles. The van der Waals surface area contributed by atoms with E-state index in [9.17, 15) is 4.79 Å². The standard InChI is InChI=1S/C19H20N4O2/c1-13(24)20-14-7-8-16-15(11-14)21-19-12-22(9-10-23(16)19)17-5-3-4-6-18(17)25-2/h3-8,11H,9-10,12H2,1-2H3,(H,20,24). The van der Waals surface area contributed by atoms with Crippen molar-refractivity contribution >= 4 is 28.3 Å². The third kappa shape index (κ3) is 2.80. The van der Waals surface area contributed by atoms with E-state index in [2.05, 4.69) is 20.9 Å². The van der Waals surface area contributed by atoms with Crippen LogP contribution in [0.5, 0.6) is 5.75 Å². The summed E-state index contributed by atoms with van der Waals surface area (Å²) in [4.78, 5) is 18.3. The highest BCUT2D eigenvalue weighted by Gasteiger charge is 2.22. The number of methoxy groups -OCH3 is 1. The molecule has 2 heterocycles. The number of carbonyl (C=O) groups excluding carboxylic acids is 1. The highest BCUT2D eigenvalue weighted by molar-refractivity contribution is 5.91. The number of rotatable bonds is 3. The third-order valence-electron chi connectivity index (χ3n) is 4.50. The Bertz CT molecular complexity index is 948. The number of para-hydroxylation sites is 2. The van der Waals surface area contributed by atoms with Gasteiger partial charge in [-0.1, -0.05) is 12.1 Å². The largest absolute Gasteiger partial charge is 0.495 e. The zero-order valence-electron chi connectivity index (χ0n) is 14.3. The molecule has 1 aliphatic rings. The fourth-order valence-corrected chi connectivity index (χ4v) is 3.40. The first-order valence-electron chi connectivity index (χ1n) is 8.30. The van der Waals surface area contributed by atoms with Crippen LogP contribution in [0, 0.1) is 0 Å². The van der Waals surface area contributed by atoms with Crippen LogP contribution >= 0.6 is 0 Å². The SMILES string of the molecule is COc1ccccc1N1CCn2c(nc3cc(NC(C)=O)ccc32)C1. The van der Waals surface area contributed by atoms with Crippen LogP contribution in [0.15, 0.2) is 42.5 Å². The highest BCUT2D eigenvalue weighted by atomic mass is 16.5. The average Bonchev–Trinajstić information content (AvgIpc) is 2.97. The first-order chi connectivity index (χ1) is 12.2. The van der Waals surface area contributed by atoms with Gasteiger partial charge < -0.3 is 19.5 Å². The smallest absolute Gasteiger partial charge is 0.221 e. The van der Waals surface area contributed by atoms with Crippen molar-refractivity contribution in [3.8, 4) is 5.75 Å². The van der Waals surface area contributed by atoms with Gasteiger partial charge in [0.25, 0.3) is 0 Å². The summed E-state index contributed by atoms with van der Waals surface area (Å²) in [5.74, 6) is 1.82. The maximum Gasteiger partial charge on any atom is 0.221 e. The molecular weight excluding hydrogens is 316 g/mol. The van der Waals surface area contributed by atoms with E-state index in [4.69, 9.17) is 9.72 Å². The van der Waals surface area contributed by atoms with Crippen LogP contribution in [0.3, 0.4) is 0 Å². The van der Waals surface area contributed by atoms with Crippen LogP contribution in [0.25, 0.3) is 11.0 Å². The van der Waals surface area contributed by atoms with E-state index in [1.54, 1.807) is 7.11 Å². The van der Waals surface area contributed by atoms with E-state index in [1.807, 2.05) is 36.4 Å². The number of anilines is 2. The van der Waals surface area contributed by atoms with Gasteiger partial charge >= 0.3 is 0 Å². The second-order valence-electron chi connectivity index (χ2n) is 6.16. The van der Waals surface area contributed by atoms with Crippen molar-refractivity contribution < 1.29 is 9.53 Å². The predicted octanol–water partition coefficient (Wildman–Crippen LogP) is 3.02. The van der Waals surface area contributed by atoms with E-state index in [1.165, 1.54) is 6.92 Å². The zero-order valence-corrected chi connectivity index (χ0v) is 14.3. The Morgan fingerprint density at radius 1 is 1.20 bits per heavy atom. The van der Waals surface area contributed by atoms with Gasteiger partial charge in [-0.3, -0.25) is 4.79 Å². The molecule has 1 aromatic heterocycles. The molecule has 0 atom stereocenters. The Hall–Kier alpha value is -3.02. The fraction of sp³-hybridized carbons (Fsp3) is 0.263. The fourth-order valence-electron chi connectivity index (χ4n) is 3.40. The molecule has 0 bridgehead atoms. The Labute approximate surface area is 146 Å². The monoisotopic (exact) mass is 336 g/mol. The lowest BCUT2D eigenvalue weighted by atomic mass is 10.2. The number of benzene rings is 2. The number of carbonyl (C=O) groups is 1. The number of fused-ring (bicyclic) bond motifs is 3. The van der Waals surface area contributed by atoms with E-state index in [0.717, 1.165) is 53.6 Å². The van der Waals surface area contributed by atoms with Gasteiger partial charge in [0.1, 0.15) is 11.6 Å². The minimum absolute atomic E-state index is 0.0781. The van der Waals surface area contributed by atoms with Crippen molar-refractivity contribution in [1.29, 1.82) is 0 Å². The molecule has 25 heavy (non-hydrogen) atoms. The topological polar surface area (TPSA) is 59.4 Å². The zero-order chi connectivity index (χ0) is 17.4. The van der Waals surface area contributed by atoms with Gasteiger partial charge in [0.2, 0.25) is 5.91 Å². The summed E-state index contributed by atoms with van der Waals surface area (Å²) in [6.07, 6.45) is 0. The van der Waals surface area contributed by atoms with Gasteiger partial charge in [0, 0.05) is 25.7 Å². The number of nitrogens with zero attached hydrogens (tertiary/aromatic N) is 3. The summed E-state index contributed by atoms with van der Waals surface area (Å²) in [6, 6.07) is 13.9. The lowest BCUT2D eigenvalue weighted by molar-refractivity contribution is -0.114. The van der Waals surface area contributed by atoms with Crippen molar-refractivity contribution in [2.75, 3.05) is 23.9 Å². The number of nitrogens with one attached hydrogen (secondary N) is 1. The number of imidazole rings is 1. The summed E-state index contributed by atoms with van der Waals surface area (Å²) >= 11 is 0. The molecule has 0 saturated carbocycles. The number of amides is 1. The quantitative estimate of drug-likeness (QED) is 0.799. The number of hydrogen-bond acceptors (Lipinski definition) is 4. The number of ether oxygens (including phenoxy) is 1. The first-order valence-corrected chi connectivity index (χ1v) is 8.30. The summed E-state index contributed by atoms with van der Waals surface area (Å²) in [6.45, 7) is 3.99. The second kappa shape index (κ2) is 6.12. The Balaban J connectivity index is 1.68. The lowest BCUT2D eigenvalue weighted by Crippen LogP contribution is -2.33. The van der Waals surface area contributed by atoms with E-state index >= 15 is 0 Å². The molecule has 128 valence electrons. The molecule has 3 aromatic rings. The molecule has 0 unspecified atom stereocenters. The average molecular weight is 336 g/mol. The molecule has 1 amide bonds. The molecule has 1 aliphatic heterocycles. The minimum atomic E-state index is -0.0781. The highest BCUT2D eigenvalue weighted by Crippen LogP contribution is 2.31. The molecule has 6 nitrogen and oxygen atoms in total. The van der Waals surface area contributed by atoms with Crippen LogP contribution in [0.1, 0.15) is 12.7 Å². The van der Waals surface area contributed by atoms with E-state index < -0.39 is 0 Å². The summed E-state index contributed by atoms with van der Waals surface area (Å²) < 4.78 is 7.74. The van der Waals surface area contributed by atoms with Crippen molar-refractivity contribution in [2.24, 2.45) is 0 Å². The molecule has 0 radical (unpaired) electrons. The first kappa shape index (κ1) is 15.5. The number of hydrogen-bond donors (Lipinski definition) is 1. The van der Waals surface area contributed by atoms with Gasteiger partial charge in [-0.05, 0) is 30.3 Å². The van der Waals surface area contributed by atoms with Crippen LogP contribution in [-0.4, -0.2) is 29.1 Å². The maximum atomic E-state index is 11.2. The van der Waals surface area contributed by atoms with Gasteiger partial charge in [-0.2, -0.15) is 0 Å². The van der Waals surface area contributed by atoms with Crippen molar-refractivity contribution in [3.63, 3.8) is 0 Å². The van der Waals surface area contributed by atoms with Crippen LogP contribution in [0.2, 0.25) is 0 Å². The van der Waals surface area contributed by atoms with Crippen LogP contribution < -0.4 is 15.0 Å². The normalized spacial score (nSPS) is 13.6. The predicted molar refractivity (Wildman–Crippen MR) is 98.1 cm³/mol. The third-order valence-corrected chi connectivity index (χ3v) is 4.50. The van der Waals surface area contributed by atoms with E-state index in [0.29, 0.717) is 0 Å². The summed E-state index contributed by atoms with van der Waals surface area (Å²) in [5.41, 5.74) is 3.87. The van der Waals surface area contributed by atoms with Gasteiger partial charge in [-0.15, -0.1) is 0 Å². The maximum absolute atomic E-state index is 11.2. The van der Waals surface area contributed by atoms with Crippen molar-refractivity contribution in [2.45, 2.75) is 20.0 Å². The Morgan fingerprint density at radius 3 is 2.84 bits per heavy atom. The molecule has 0 aliphatic carbocycles. The molecule has 0 spiro atoms. The Morgan fingerprint density at radius 2 is 2.04 bits per heavy atom. The van der Waals surface area contributed by atoms with Crippen molar-refractivity contribution in [1.82, 2.24) is 9.55 Å². The molecule has 6 heteroatoms. The Kier molecular flexibility index (Phi) is 3.80. The van der Waals surface area contributed by atoms with Crippen LogP contribution in [-0.2, 0) is 17.9 Å². The number of aromatic nitrogens is 2. The van der Waals surface area contributed by atoms with E-state index in [-0.39, 0.29) is 5.91 Å². The second-order valence-corrected chi connectivity index (χ2v) is 6.16. The molecule has 1 N–H and O–H groups in total. The van der Waals surface area contributed by atoms with Gasteiger partial charge in [0.15, 0.2) is 0 Å². The summed E-state index contributed by atoms with van der Waals surface area (Å²) in [7, 11) is 1.70. The van der Waals surface area contributed by atoms with Crippen molar-refractivity contribution in [3.05, 3.63) is 48.3 Å². The molecular formula is C19H20N4O2. The molecule has 0 saturated heterocycles. The van der Waals surface area contributed by atoms with Gasteiger partial charge in [-0.25, -0.2) is 4.98 Å². The van der Waals surface area contributed by atoms with Gasteiger partial charge in [0.05, 0.1) is 30.4 Å². The van der Waals surface area contributed by atoms with Crippen LogP contribution in [0.4, 0.5) is 11.4 Å². The lowest BCUT2D eigenvalue weighted by Gasteiger charge is -2.30. The molecule has 0 fully saturated rings. The summed E-state index contributed by atoms with van der Waals surface area (Å²) in [5, 5.41) is 2.81.